The van der Waals surface area contributed by atoms with Gasteiger partial charge in [-0.3, -0.25) is 9.78 Å². The van der Waals surface area contributed by atoms with Crippen molar-refractivity contribution in [2.45, 2.75) is 32.8 Å². The van der Waals surface area contributed by atoms with E-state index in [2.05, 4.69) is 17.2 Å². The molecular formula is C16H18N2O2S. The van der Waals surface area contributed by atoms with Crippen LogP contribution < -0.4 is 5.32 Å². The Morgan fingerprint density at radius 1 is 1.57 bits per heavy atom. The monoisotopic (exact) mass is 302 g/mol. The molecule has 0 fully saturated rings. The second-order valence-corrected chi connectivity index (χ2v) is 6.51. The van der Waals surface area contributed by atoms with Crippen molar-refractivity contribution in [1.29, 1.82) is 0 Å². The van der Waals surface area contributed by atoms with Crippen molar-refractivity contribution < 1.29 is 9.90 Å². The van der Waals surface area contributed by atoms with Crippen LogP contribution in [0.5, 0.6) is 0 Å². The summed E-state index contributed by atoms with van der Waals surface area (Å²) in [6.07, 6.45) is 6.36. The maximum Gasteiger partial charge on any atom is 0.256 e. The summed E-state index contributed by atoms with van der Waals surface area (Å²) in [6, 6.07) is 1.71. The molecule has 5 heteroatoms. The average Bonchev–Trinajstić information content (AvgIpc) is 2.90. The van der Waals surface area contributed by atoms with Crippen LogP contribution in [-0.2, 0) is 19.4 Å². The molecule has 1 unspecified atom stereocenters. The first-order valence-electron chi connectivity index (χ1n) is 7.13. The predicted molar refractivity (Wildman–Crippen MR) is 83.6 cm³/mol. The van der Waals surface area contributed by atoms with Gasteiger partial charge in [0.2, 0.25) is 0 Å². The maximum absolute atomic E-state index is 12.5. The number of pyridine rings is 1. The van der Waals surface area contributed by atoms with E-state index in [1.165, 1.54) is 10.4 Å². The summed E-state index contributed by atoms with van der Waals surface area (Å²) >= 11 is 1.68. The Morgan fingerprint density at radius 3 is 3.24 bits per heavy atom. The molecule has 0 bridgehead atoms. The van der Waals surface area contributed by atoms with Crippen LogP contribution in [0.4, 0.5) is 5.69 Å². The third-order valence-corrected chi connectivity index (χ3v) is 5.03. The molecule has 0 saturated heterocycles. The smallest absolute Gasteiger partial charge is 0.256 e. The quantitative estimate of drug-likeness (QED) is 0.916. The van der Waals surface area contributed by atoms with Crippen molar-refractivity contribution in [3.05, 3.63) is 45.4 Å². The number of nitrogens with one attached hydrogen (secondary N) is 1. The Balaban J connectivity index is 1.83. The third-order valence-electron chi connectivity index (χ3n) is 3.98. The fourth-order valence-corrected chi connectivity index (χ4v) is 3.98. The molecule has 0 aromatic carbocycles. The van der Waals surface area contributed by atoms with E-state index in [1.807, 2.05) is 5.38 Å². The van der Waals surface area contributed by atoms with E-state index < -0.39 is 0 Å². The minimum absolute atomic E-state index is 0.107. The molecule has 2 aromatic heterocycles. The molecule has 1 aliphatic rings. The lowest BCUT2D eigenvalue weighted by Gasteiger charge is -2.19. The first-order chi connectivity index (χ1) is 10.2. The standard InChI is InChI=1S/C16H18N2O2S/c1-10-2-3-12-13(9-21-15(12)6-10)16(20)18-14-7-17-5-4-11(14)8-19/h4-5,7,9-10,19H,2-3,6,8H2,1H3,(H,18,20). The van der Waals surface area contributed by atoms with E-state index in [-0.39, 0.29) is 12.5 Å². The van der Waals surface area contributed by atoms with Gasteiger partial charge in [0, 0.05) is 22.0 Å². The van der Waals surface area contributed by atoms with Crippen LogP contribution >= 0.6 is 11.3 Å². The van der Waals surface area contributed by atoms with Gasteiger partial charge in [0.05, 0.1) is 24.1 Å². The van der Waals surface area contributed by atoms with Gasteiger partial charge in [0.15, 0.2) is 0 Å². The second kappa shape index (κ2) is 5.95. The molecule has 21 heavy (non-hydrogen) atoms. The van der Waals surface area contributed by atoms with Crippen LogP contribution in [0.2, 0.25) is 0 Å². The number of anilines is 1. The number of rotatable bonds is 3. The molecule has 0 radical (unpaired) electrons. The molecule has 4 nitrogen and oxygen atoms in total. The van der Waals surface area contributed by atoms with Crippen LogP contribution in [0.1, 0.15) is 39.7 Å². The Labute approximate surface area is 127 Å². The highest BCUT2D eigenvalue weighted by molar-refractivity contribution is 7.10. The number of aromatic nitrogens is 1. The van der Waals surface area contributed by atoms with Crippen molar-refractivity contribution in [3.63, 3.8) is 0 Å². The number of fused-ring (bicyclic) bond motifs is 1. The lowest BCUT2D eigenvalue weighted by molar-refractivity contribution is 0.102. The number of aliphatic hydroxyl groups is 1. The number of thiophene rings is 1. The van der Waals surface area contributed by atoms with E-state index in [9.17, 15) is 9.90 Å². The van der Waals surface area contributed by atoms with Crippen molar-refractivity contribution in [2.75, 3.05) is 5.32 Å². The van der Waals surface area contributed by atoms with Gasteiger partial charge in [-0.2, -0.15) is 0 Å². The van der Waals surface area contributed by atoms with Gasteiger partial charge in [-0.1, -0.05) is 6.92 Å². The molecule has 0 spiro atoms. The topological polar surface area (TPSA) is 62.2 Å². The zero-order valence-corrected chi connectivity index (χ0v) is 12.7. The highest BCUT2D eigenvalue weighted by Crippen LogP contribution is 2.33. The van der Waals surface area contributed by atoms with Crippen LogP contribution in [0, 0.1) is 5.92 Å². The van der Waals surface area contributed by atoms with E-state index >= 15 is 0 Å². The molecule has 3 rings (SSSR count). The van der Waals surface area contributed by atoms with E-state index in [0.29, 0.717) is 17.2 Å². The summed E-state index contributed by atoms with van der Waals surface area (Å²) in [5, 5.41) is 14.1. The number of hydrogen-bond donors (Lipinski definition) is 2. The lowest BCUT2D eigenvalue weighted by Crippen LogP contribution is -2.17. The van der Waals surface area contributed by atoms with E-state index in [0.717, 1.165) is 24.8 Å². The zero-order valence-electron chi connectivity index (χ0n) is 11.9. The molecule has 1 atom stereocenters. The Hall–Kier alpha value is -1.72. The zero-order chi connectivity index (χ0) is 14.8. The van der Waals surface area contributed by atoms with Gasteiger partial charge in [-0.25, -0.2) is 0 Å². The SMILES string of the molecule is CC1CCc2c(C(=O)Nc3cnccc3CO)csc2C1. The first kappa shape index (κ1) is 14.2. The number of nitrogens with zero attached hydrogens (tertiary/aromatic N) is 1. The van der Waals surface area contributed by atoms with Gasteiger partial charge in [0.25, 0.3) is 5.91 Å². The third kappa shape index (κ3) is 2.84. The normalized spacial score (nSPS) is 17.3. The summed E-state index contributed by atoms with van der Waals surface area (Å²) in [4.78, 5) is 17.8. The summed E-state index contributed by atoms with van der Waals surface area (Å²) in [7, 11) is 0. The van der Waals surface area contributed by atoms with Gasteiger partial charge in [-0.05, 0) is 36.8 Å². The summed E-state index contributed by atoms with van der Waals surface area (Å²) < 4.78 is 0. The fraction of sp³-hybridized carbons (Fsp3) is 0.375. The Morgan fingerprint density at radius 2 is 2.43 bits per heavy atom. The highest BCUT2D eigenvalue weighted by atomic mass is 32.1. The molecule has 0 aliphatic heterocycles. The maximum atomic E-state index is 12.5. The molecule has 1 aliphatic carbocycles. The minimum Gasteiger partial charge on any atom is -0.392 e. The van der Waals surface area contributed by atoms with Gasteiger partial charge in [-0.15, -0.1) is 11.3 Å². The lowest BCUT2D eigenvalue weighted by atomic mass is 9.88. The number of hydrogen-bond acceptors (Lipinski definition) is 4. The highest BCUT2D eigenvalue weighted by Gasteiger charge is 2.23. The average molecular weight is 302 g/mol. The van der Waals surface area contributed by atoms with Crippen molar-refractivity contribution in [1.82, 2.24) is 4.98 Å². The molecule has 1 amide bonds. The molecule has 0 saturated carbocycles. The molecule has 2 aromatic rings. The summed E-state index contributed by atoms with van der Waals surface area (Å²) in [5.41, 5.74) is 3.23. The van der Waals surface area contributed by atoms with E-state index in [1.54, 1.807) is 29.8 Å². The van der Waals surface area contributed by atoms with Crippen LogP contribution in [0.15, 0.2) is 23.8 Å². The first-order valence-corrected chi connectivity index (χ1v) is 8.01. The Bertz CT molecular complexity index is 666. The summed E-state index contributed by atoms with van der Waals surface area (Å²) in [5.74, 6) is 0.594. The number of aliphatic hydroxyl groups excluding tert-OH is 1. The predicted octanol–water partition coefficient (Wildman–Crippen LogP) is 3.01. The molecular weight excluding hydrogens is 284 g/mol. The fourth-order valence-electron chi connectivity index (χ4n) is 2.73. The van der Waals surface area contributed by atoms with Crippen molar-refractivity contribution in [2.24, 2.45) is 5.92 Å². The Kier molecular flexibility index (Phi) is 4.03. The molecule has 2 heterocycles. The number of amides is 1. The number of carbonyl (C=O) groups is 1. The second-order valence-electron chi connectivity index (χ2n) is 5.54. The van der Waals surface area contributed by atoms with Gasteiger partial charge >= 0.3 is 0 Å². The van der Waals surface area contributed by atoms with Crippen LogP contribution in [-0.4, -0.2) is 16.0 Å². The van der Waals surface area contributed by atoms with Crippen LogP contribution in [0.25, 0.3) is 0 Å². The van der Waals surface area contributed by atoms with Crippen molar-refractivity contribution >= 4 is 22.9 Å². The van der Waals surface area contributed by atoms with Gasteiger partial charge < -0.3 is 10.4 Å². The van der Waals surface area contributed by atoms with Crippen LogP contribution in [0.3, 0.4) is 0 Å². The molecule has 2 N–H and O–H groups in total. The largest absolute Gasteiger partial charge is 0.392 e. The molecule has 110 valence electrons. The van der Waals surface area contributed by atoms with Gasteiger partial charge in [0.1, 0.15) is 0 Å². The number of carbonyl (C=O) groups excluding carboxylic acids is 1. The van der Waals surface area contributed by atoms with E-state index in [4.69, 9.17) is 0 Å². The van der Waals surface area contributed by atoms with Crippen molar-refractivity contribution in [3.8, 4) is 0 Å². The summed E-state index contributed by atoms with van der Waals surface area (Å²) in [6.45, 7) is 2.14. The minimum atomic E-state index is -0.114.